The van der Waals surface area contributed by atoms with Crippen LogP contribution in [0.1, 0.15) is 0 Å². The monoisotopic (exact) mass is 184 g/mol. The topological polar surface area (TPSA) is 54.4 Å². The van der Waals surface area contributed by atoms with Gasteiger partial charge in [-0.2, -0.15) is 8.42 Å². The standard InChI is InChI=1S/C2H4O3S.CF3.Li/c1-2-6(3,4)5;2-1(3)4;/h2H,1H2,(H,3,4,5);;. The molecule has 0 saturated heterocycles. The first kappa shape index (κ1) is 13.6. The third-order valence-corrected chi connectivity index (χ3v) is 0.632. The molecule has 0 bridgehead atoms. The average Bonchev–Trinajstić information content (AvgIpc) is 1.59. The molecule has 0 aromatic heterocycles. The first-order valence-electron chi connectivity index (χ1n) is 2.23. The molecule has 0 aliphatic carbocycles. The van der Waals surface area contributed by atoms with Crippen molar-refractivity contribution in [3.63, 3.8) is 0 Å². The molecule has 0 aliphatic rings. The van der Waals surface area contributed by atoms with Crippen LogP contribution >= 0.6 is 0 Å². The van der Waals surface area contributed by atoms with Gasteiger partial charge in [0.25, 0.3) is 10.1 Å². The van der Waals surface area contributed by atoms with Gasteiger partial charge in [0.05, 0.1) is 5.41 Å². The Balaban J connectivity index is 0. The second-order valence-electron chi connectivity index (χ2n) is 1.46. The number of hydrogen-bond donors (Lipinski definition) is 1. The van der Waals surface area contributed by atoms with Crippen LogP contribution in [0, 0.1) is 0 Å². The summed E-state index contributed by atoms with van der Waals surface area (Å²) in [6, 6.07) is 0. The summed E-state index contributed by atoms with van der Waals surface area (Å²) in [4.78, 5) is -4.00. The molecule has 1 N–H and O–H groups in total. The predicted molar refractivity (Wildman–Crippen MR) is 33.6 cm³/mol. The fourth-order valence-electron chi connectivity index (χ4n) is 0. The molecular weight excluding hydrogens is 180 g/mol. The Kier molecular flexibility index (Phi) is 5.97. The molecule has 0 fully saturated rings. The van der Waals surface area contributed by atoms with Gasteiger partial charge in [0.15, 0.2) is 0 Å². The van der Waals surface area contributed by atoms with Crippen molar-refractivity contribution >= 4 is 27.8 Å². The molecule has 0 rings (SSSR count). The Morgan fingerprint density at radius 3 is 1.55 bits per heavy atom. The van der Waals surface area contributed by atoms with E-state index in [0.29, 0.717) is 5.41 Å². The number of alkyl halides is 3. The van der Waals surface area contributed by atoms with Gasteiger partial charge in [-0.3, -0.25) is 4.55 Å². The quantitative estimate of drug-likeness (QED) is 0.481. The second-order valence-corrected chi connectivity index (χ2v) is 2.83. The average molecular weight is 184 g/mol. The third kappa shape index (κ3) is 70.3. The number of hydrogen-bond acceptors (Lipinski definition) is 2. The van der Waals surface area contributed by atoms with Crippen molar-refractivity contribution in [1.82, 2.24) is 0 Å². The van der Waals surface area contributed by atoms with Crippen LogP contribution in [-0.2, 0) is 10.1 Å². The molecule has 0 aliphatic heterocycles. The van der Waals surface area contributed by atoms with Crippen molar-refractivity contribution in [2.45, 2.75) is 4.85 Å². The third-order valence-electron chi connectivity index (χ3n) is 0.211. The molecule has 0 saturated carbocycles. The molecule has 8 heteroatoms. The maximum atomic E-state index is 10.4. The summed E-state index contributed by atoms with van der Waals surface area (Å²) in [6.07, 6.45) is 0. The zero-order chi connectivity index (χ0) is 9.71. The van der Waals surface area contributed by atoms with E-state index in [1.54, 1.807) is 0 Å². The van der Waals surface area contributed by atoms with Gasteiger partial charge in [0.2, 0.25) is 0 Å². The molecule has 11 heavy (non-hydrogen) atoms. The zero-order valence-electron chi connectivity index (χ0n) is 5.59. The Labute approximate surface area is 71.2 Å². The molecule has 62 valence electrons. The normalized spacial score (nSPS) is 11.5. The SMILES string of the molecule is C=CS(=O)(=O)O.[Li][C](F)(F)F. The van der Waals surface area contributed by atoms with Crippen LogP contribution in [0.2, 0.25) is 0 Å². The molecule has 0 spiro atoms. The van der Waals surface area contributed by atoms with Gasteiger partial charge in [-0.25, -0.2) is 0 Å². The van der Waals surface area contributed by atoms with Gasteiger partial charge in [-0.05, 0) is 0 Å². The summed E-state index contributed by atoms with van der Waals surface area (Å²) >= 11 is 0.188. The van der Waals surface area contributed by atoms with E-state index in [-0.39, 0.29) is 17.7 Å². The molecule has 0 radical (unpaired) electrons. The zero-order valence-corrected chi connectivity index (χ0v) is 6.41. The van der Waals surface area contributed by atoms with Gasteiger partial charge in [0, 0.05) is 0 Å². The van der Waals surface area contributed by atoms with Crippen molar-refractivity contribution in [3.05, 3.63) is 12.0 Å². The molecule has 0 aromatic rings. The second kappa shape index (κ2) is 4.82. The van der Waals surface area contributed by atoms with E-state index in [1.165, 1.54) is 0 Å². The van der Waals surface area contributed by atoms with Crippen molar-refractivity contribution in [2.75, 3.05) is 0 Å². The fourth-order valence-corrected chi connectivity index (χ4v) is 0. The first-order chi connectivity index (χ1) is 4.56. The summed E-state index contributed by atoms with van der Waals surface area (Å²) in [5.41, 5.74) is 0. The van der Waals surface area contributed by atoms with Crippen LogP contribution < -0.4 is 0 Å². The summed E-state index contributed by atoms with van der Waals surface area (Å²) in [6.45, 7) is 2.79. The Morgan fingerprint density at radius 2 is 1.55 bits per heavy atom. The molecule has 0 aromatic carbocycles. The molecule has 3 nitrogen and oxygen atoms in total. The predicted octanol–water partition coefficient (Wildman–Crippen LogP) is 0.692. The van der Waals surface area contributed by atoms with Crippen LogP contribution in [-0.4, -0.2) is 35.5 Å². The summed E-state index contributed by atoms with van der Waals surface area (Å²) < 4.78 is 57.6. The van der Waals surface area contributed by atoms with Gasteiger partial charge >= 0.3 is 35.7 Å². The van der Waals surface area contributed by atoms with E-state index in [1.807, 2.05) is 0 Å². The molecule has 0 amide bonds. The van der Waals surface area contributed by atoms with E-state index in [0.717, 1.165) is 0 Å². The van der Waals surface area contributed by atoms with Crippen molar-refractivity contribution in [2.24, 2.45) is 0 Å². The van der Waals surface area contributed by atoms with Crippen LogP contribution in [0.25, 0.3) is 0 Å². The van der Waals surface area contributed by atoms with Crippen molar-refractivity contribution in [1.29, 1.82) is 0 Å². The minimum absolute atomic E-state index is 0.188. The first-order valence-corrected chi connectivity index (χ1v) is 3.73. The number of halogens is 3. The Morgan fingerprint density at radius 1 is 1.45 bits per heavy atom. The van der Waals surface area contributed by atoms with E-state index >= 15 is 0 Å². The molecule has 0 atom stereocenters. The number of rotatable bonds is 1. The maximum absolute atomic E-state index is 10.4. The van der Waals surface area contributed by atoms with Crippen LogP contribution in [0.15, 0.2) is 12.0 Å². The van der Waals surface area contributed by atoms with Crippen LogP contribution in [0.5, 0.6) is 0 Å². The van der Waals surface area contributed by atoms with Crippen LogP contribution in [0.3, 0.4) is 0 Å². The Hall–Kier alpha value is 0.0374. The Bertz CT molecular complexity index is 189. The van der Waals surface area contributed by atoms with Crippen molar-refractivity contribution in [3.8, 4) is 0 Å². The molecule has 0 unspecified atom stereocenters. The molecule has 0 heterocycles. The van der Waals surface area contributed by atoms with Gasteiger partial charge < -0.3 is 0 Å². The van der Waals surface area contributed by atoms with E-state index in [9.17, 15) is 21.6 Å². The van der Waals surface area contributed by atoms with Gasteiger partial charge in [-0.15, -0.1) is 0 Å². The minimum atomic E-state index is -4.00. The van der Waals surface area contributed by atoms with E-state index < -0.39 is 15.0 Å². The fraction of sp³-hybridized carbons (Fsp3) is 0.333. The van der Waals surface area contributed by atoms with Crippen LogP contribution in [0.4, 0.5) is 13.2 Å². The van der Waals surface area contributed by atoms with Crippen molar-refractivity contribution < 1.29 is 26.1 Å². The molecular formula is C3H4F3LiO3S. The summed E-state index contributed by atoms with van der Waals surface area (Å²) in [5.74, 6) is 0. The van der Waals surface area contributed by atoms with Gasteiger partial charge in [-0.1, -0.05) is 6.58 Å². The van der Waals surface area contributed by atoms with E-state index in [2.05, 4.69) is 6.58 Å². The summed E-state index contributed by atoms with van der Waals surface area (Å²) in [5, 5.41) is 0.465. The van der Waals surface area contributed by atoms with Gasteiger partial charge in [0.1, 0.15) is 0 Å². The summed E-state index contributed by atoms with van der Waals surface area (Å²) in [7, 11) is -3.90. The van der Waals surface area contributed by atoms with E-state index in [4.69, 9.17) is 4.55 Å².